The van der Waals surface area contributed by atoms with Gasteiger partial charge in [-0.2, -0.15) is 0 Å². The number of thiophene rings is 1. The van der Waals surface area contributed by atoms with Gasteiger partial charge in [-0.3, -0.25) is 9.69 Å². The van der Waals surface area contributed by atoms with Crippen molar-refractivity contribution in [3.8, 4) is 11.1 Å². The SMILES string of the molecule is CCOC(=O)c1c(NC(=O)CN2CCN(CC)CC2)sc(C)c1-c1ccccc1.O=C(O)C(=O)O.O=C(O)C(=O)O. The van der Waals surface area contributed by atoms with Gasteiger partial charge in [-0.1, -0.05) is 37.3 Å². The van der Waals surface area contributed by atoms with Crippen LogP contribution in [0.4, 0.5) is 5.00 Å². The molecule has 1 aromatic carbocycles. The number of piperazine rings is 1. The lowest BCUT2D eigenvalue weighted by molar-refractivity contribution is -0.159. The molecule has 5 N–H and O–H groups in total. The minimum absolute atomic E-state index is 0.0960. The van der Waals surface area contributed by atoms with E-state index in [9.17, 15) is 9.59 Å². The van der Waals surface area contributed by atoms with Gasteiger partial charge in [0.05, 0.1) is 13.2 Å². The molecule has 15 heteroatoms. The van der Waals surface area contributed by atoms with Gasteiger partial charge in [0.15, 0.2) is 0 Å². The van der Waals surface area contributed by atoms with Gasteiger partial charge in [0, 0.05) is 36.6 Å². The molecule has 1 aliphatic rings. The molecule has 0 aliphatic carbocycles. The summed E-state index contributed by atoms with van der Waals surface area (Å²) in [6, 6.07) is 9.76. The van der Waals surface area contributed by atoms with E-state index in [2.05, 4.69) is 22.0 Å². The number of anilines is 1. The van der Waals surface area contributed by atoms with E-state index < -0.39 is 29.8 Å². The normalized spacial score (nSPS) is 13.0. The summed E-state index contributed by atoms with van der Waals surface area (Å²) < 4.78 is 5.30. The lowest BCUT2D eigenvalue weighted by Crippen LogP contribution is -2.48. The van der Waals surface area contributed by atoms with Crippen LogP contribution in [-0.2, 0) is 28.7 Å². The maximum absolute atomic E-state index is 12.7. The number of carbonyl (C=O) groups is 6. The Morgan fingerprint density at radius 2 is 1.32 bits per heavy atom. The van der Waals surface area contributed by atoms with Crippen molar-refractivity contribution in [2.24, 2.45) is 0 Å². The zero-order valence-corrected chi connectivity index (χ0v) is 23.6. The molecule has 1 saturated heterocycles. The molecule has 1 aliphatic heterocycles. The molecule has 1 aromatic heterocycles. The number of nitrogens with one attached hydrogen (secondary N) is 1. The Bertz CT molecular complexity index is 1170. The zero-order valence-electron chi connectivity index (χ0n) is 22.8. The number of benzene rings is 1. The molecule has 224 valence electrons. The predicted molar refractivity (Wildman–Crippen MR) is 148 cm³/mol. The van der Waals surface area contributed by atoms with Crippen molar-refractivity contribution in [2.45, 2.75) is 20.8 Å². The minimum Gasteiger partial charge on any atom is -0.473 e. The van der Waals surface area contributed by atoms with Gasteiger partial charge in [0.2, 0.25) is 5.91 Å². The third-order valence-electron chi connectivity index (χ3n) is 5.52. The summed E-state index contributed by atoms with van der Waals surface area (Å²) in [5, 5.41) is 33.1. The molecule has 1 fully saturated rings. The van der Waals surface area contributed by atoms with Gasteiger partial charge < -0.3 is 35.4 Å². The summed E-state index contributed by atoms with van der Waals surface area (Å²) in [6.07, 6.45) is 0. The van der Waals surface area contributed by atoms with Crippen molar-refractivity contribution in [3.05, 3.63) is 40.8 Å². The van der Waals surface area contributed by atoms with Crippen molar-refractivity contribution < 1.29 is 53.9 Å². The summed E-state index contributed by atoms with van der Waals surface area (Å²) in [4.78, 5) is 67.4. The second kappa shape index (κ2) is 17.4. The highest BCUT2D eigenvalue weighted by molar-refractivity contribution is 7.17. The summed E-state index contributed by atoms with van der Waals surface area (Å²) >= 11 is 1.42. The summed E-state index contributed by atoms with van der Waals surface area (Å²) in [5.74, 6) is -7.79. The van der Waals surface area contributed by atoms with E-state index in [4.69, 9.17) is 44.3 Å². The Morgan fingerprint density at radius 1 is 0.829 bits per heavy atom. The number of hydrogen-bond acceptors (Lipinski definition) is 10. The van der Waals surface area contributed by atoms with Crippen LogP contribution >= 0.6 is 11.3 Å². The number of aliphatic carboxylic acids is 4. The number of aryl methyl sites for hydroxylation is 1. The first kappa shape index (κ1) is 34.7. The van der Waals surface area contributed by atoms with Gasteiger partial charge >= 0.3 is 29.8 Å². The first-order valence-corrected chi connectivity index (χ1v) is 13.2. The van der Waals surface area contributed by atoms with E-state index in [1.54, 1.807) is 6.92 Å². The molecule has 1 amide bonds. The standard InChI is InChI=1S/C22H29N3O3S.2C2H2O4/c1-4-24-11-13-25(14-12-24)15-18(26)23-21-20(22(27)28-5-2)19(16(3)29-21)17-9-7-6-8-10-17;2*3-1(4)2(5)6/h6-10H,4-5,11-15H2,1-3H3,(H,23,26);2*(H,3,4)(H,5,6). The summed E-state index contributed by atoms with van der Waals surface area (Å²) in [6.45, 7) is 11.3. The van der Waals surface area contributed by atoms with Crippen molar-refractivity contribution >= 4 is 52.1 Å². The van der Waals surface area contributed by atoms with Gasteiger partial charge in [-0.15, -0.1) is 11.3 Å². The van der Waals surface area contributed by atoms with Crippen LogP contribution in [-0.4, -0.2) is 112 Å². The fourth-order valence-corrected chi connectivity index (χ4v) is 4.70. The van der Waals surface area contributed by atoms with Crippen molar-refractivity contribution in [1.82, 2.24) is 9.80 Å². The quantitative estimate of drug-likeness (QED) is 0.228. The Hall–Kier alpha value is -4.34. The zero-order chi connectivity index (χ0) is 31.1. The molecular weight excluding hydrogens is 562 g/mol. The van der Waals surface area contributed by atoms with Crippen LogP contribution in [0.3, 0.4) is 0 Å². The fraction of sp³-hybridized carbons (Fsp3) is 0.385. The van der Waals surface area contributed by atoms with Gasteiger partial charge in [0.25, 0.3) is 0 Å². The Morgan fingerprint density at radius 3 is 1.76 bits per heavy atom. The second-order valence-electron chi connectivity index (χ2n) is 8.30. The molecule has 0 radical (unpaired) electrons. The van der Waals surface area contributed by atoms with E-state index in [0.29, 0.717) is 17.1 Å². The number of esters is 1. The van der Waals surface area contributed by atoms with Crippen molar-refractivity contribution in [2.75, 3.05) is 51.2 Å². The molecule has 0 saturated carbocycles. The summed E-state index contributed by atoms with van der Waals surface area (Å²) in [7, 11) is 0. The number of ether oxygens (including phenoxy) is 1. The van der Waals surface area contributed by atoms with E-state index in [1.807, 2.05) is 37.3 Å². The summed E-state index contributed by atoms with van der Waals surface area (Å²) in [5.41, 5.74) is 2.23. The van der Waals surface area contributed by atoms with Crippen molar-refractivity contribution in [3.63, 3.8) is 0 Å². The number of carboxylic acid groups (broad SMARTS) is 4. The lowest BCUT2D eigenvalue weighted by Gasteiger charge is -2.33. The van der Waals surface area contributed by atoms with Gasteiger partial charge in [0.1, 0.15) is 10.6 Å². The lowest BCUT2D eigenvalue weighted by atomic mass is 10.0. The van der Waals surface area contributed by atoms with Crippen LogP contribution in [0, 0.1) is 6.92 Å². The molecule has 41 heavy (non-hydrogen) atoms. The third-order valence-corrected chi connectivity index (χ3v) is 6.55. The number of rotatable bonds is 7. The molecule has 14 nitrogen and oxygen atoms in total. The number of carboxylic acids is 4. The molecule has 0 atom stereocenters. The largest absolute Gasteiger partial charge is 0.473 e. The predicted octanol–water partition coefficient (Wildman–Crippen LogP) is 1.79. The van der Waals surface area contributed by atoms with Gasteiger partial charge in [-0.25, -0.2) is 24.0 Å². The number of likely N-dealkylation sites (N-methyl/N-ethyl adjacent to an activating group) is 1. The maximum Gasteiger partial charge on any atom is 0.414 e. The molecule has 2 aromatic rings. The molecule has 3 rings (SSSR count). The molecule has 0 unspecified atom stereocenters. The first-order chi connectivity index (χ1) is 19.3. The highest BCUT2D eigenvalue weighted by atomic mass is 32.1. The Kier molecular flexibility index (Phi) is 14.7. The van der Waals surface area contributed by atoms with Crippen molar-refractivity contribution in [1.29, 1.82) is 0 Å². The first-order valence-electron chi connectivity index (χ1n) is 12.3. The molecule has 0 spiro atoms. The second-order valence-corrected chi connectivity index (χ2v) is 9.53. The van der Waals surface area contributed by atoms with E-state index in [0.717, 1.165) is 48.7 Å². The monoisotopic (exact) mass is 595 g/mol. The molecule has 2 heterocycles. The van der Waals surface area contributed by atoms with E-state index in [-0.39, 0.29) is 12.5 Å². The van der Waals surface area contributed by atoms with Crippen LogP contribution in [0.5, 0.6) is 0 Å². The van der Waals surface area contributed by atoms with Crippen LogP contribution in [0.15, 0.2) is 30.3 Å². The topological polar surface area (TPSA) is 211 Å². The maximum atomic E-state index is 12.7. The minimum atomic E-state index is -1.82. The van der Waals surface area contributed by atoms with E-state index >= 15 is 0 Å². The highest BCUT2D eigenvalue weighted by Gasteiger charge is 2.26. The fourth-order valence-electron chi connectivity index (χ4n) is 3.62. The number of amides is 1. The molecular formula is C26H33N3O11S. The van der Waals surface area contributed by atoms with Gasteiger partial charge in [-0.05, 0) is 26.0 Å². The molecule has 0 bridgehead atoms. The van der Waals surface area contributed by atoms with Crippen LogP contribution in [0.2, 0.25) is 0 Å². The smallest absolute Gasteiger partial charge is 0.414 e. The van der Waals surface area contributed by atoms with E-state index in [1.165, 1.54) is 11.3 Å². The highest BCUT2D eigenvalue weighted by Crippen LogP contribution is 2.40. The Labute approximate surface area is 239 Å². The average molecular weight is 596 g/mol. The number of nitrogens with zero attached hydrogens (tertiary/aromatic N) is 2. The number of hydrogen-bond donors (Lipinski definition) is 5. The Balaban J connectivity index is 0.000000588. The number of carbonyl (C=O) groups excluding carboxylic acids is 2. The van der Waals surface area contributed by atoms with Crippen LogP contribution in [0.25, 0.3) is 11.1 Å². The van der Waals surface area contributed by atoms with Crippen LogP contribution < -0.4 is 5.32 Å². The third kappa shape index (κ3) is 11.7. The average Bonchev–Trinajstić information content (AvgIpc) is 3.25. The van der Waals surface area contributed by atoms with Crippen LogP contribution in [0.1, 0.15) is 29.1 Å².